The van der Waals surface area contributed by atoms with Gasteiger partial charge in [0.1, 0.15) is 5.60 Å². The van der Waals surface area contributed by atoms with Crippen molar-refractivity contribution in [3.8, 4) is 0 Å². The SMILES string of the molecule is CCCCNC(=O)OC(C)(C)C.CCO. The third kappa shape index (κ3) is 19.6. The van der Waals surface area contributed by atoms with Crippen LogP contribution < -0.4 is 5.32 Å². The lowest BCUT2D eigenvalue weighted by molar-refractivity contribution is 0.0527. The molecular weight excluding hydrogens is 194 g/mol. The molecule has 0 heterocycles. The first kappa shape index (κ1) is 16.7. The molecule has 0 unspecified atom stereocenters. The van der Waals surface area contributed by atoms with Gasteiger partial charge in [-0.3, -0.25) is 0 Å². The highest BCUT2D eigenvalue weighted by atomic mass is 16.6. The maximum atomic E-state index is 11.0. The van der Waals surface area contributed by atoms with Crippen LogP contribution in [0.3, 0.4) is 0 Å². The number of hydrogen-bond donors (Lipinski definition) is 2. The van der Waals surface area contributed by atoms with Crippen LogP contribution in [0.25, 0.3) is 0 Å². The number of alkyl carbamates (subject to hydrolysis) is 1. The van der Waals surface area contributed by atoms with E-state index in [-0.39, 0.29) is 12.7 Å². The molecule has 0 aliphatic rings. The normalized spacial score (nSPS) is 10.0. The average molecular weight is 219 g/mol. The monoisotopic (exact) mass is 219 g/mol. The van der Waals surface area contributed by atoms with Gasteiger partial charge in [0.2, 0.25) is 0 Å². The number of aliphatic hydroxyl groups is 1. The van der Waals surface area contributed by atoms with Crippen molar-refractivity contribution in [2.75, 3.05) is 13.2 Å². The smallest absolute Gasteiger partial charge is 0.407 e. The van der Waals surface area contributed by atoms with E-state index in [4.69, 9.17) is 9.84 Å². The van der Waals surface area contributed by atoms with Gasteiger partial charge in [-0.25, -0.2) is 4.79 Å². The molecule has 4 nitrogen and oxygen atoms in total. The van der Waals surface area contributed by atoms with Gasteiger partial charge in [-0.2, -0.15) is 0 Å². The Morgan fingerprint density at radius 2 is 1.80 bits per heavy atom. The lowest BCUT2D eigenvalue weighted by atomic mass is 10.2. The Bertz CT molecular complexity index is 152. The van der Waals surface area contributed by atoms with Crippen molar-refractivity contribution in [1.29, 1.82) is 0 Å². The Morgan fingerprint density at radius 1 is 1.33 bits per heavy atom. The zero-order valence-electron chi connectivity index (χ0n) is 10.6. The highest BCUT2D eigenvalue weighted by Crippen LogP contribution is 2.06. The molecule has 0 atom stereocenters. The van der Waals surface area contributed by atoms with Gasteiger partial charge in [0.25, 0.3) is 0 Å². The van der Waals surface area contributed by atoms with Gasteiger partial charge < -0.3 is 15.2 Å². The standard InChI is InChI=1S/C9H19NO2.C2H6O/c1-5-6-7-10-8(11)12-9(2,3)4;1-2-3/h5-7H2,1-4H3,(H,10,11);3H,2H2,1H3. The van der Waals surface area contributed by atoms with Crippen molar-refractivity contribution >= 4 is 6.09 Å². The number of amides is 1. The second kappa shape index (κ2) is 9.77. The summed E-state index contributed by atoms with van der Waals surface area (Å²) >= 11 is 0. The van der Waals surface area contributed by atoms with E-state index in [2.05, 4.69) is 12.2 Å². The molecule has 2 N–H and O–H groups in total. The van der Waals surface area contributed by atoms with Crippen LogP contribution in [0, 0.1) is 0 Å². The second-order valence-electron chi connectivity index (χ2n) is 4.10. The van der Waals surface area contributed by atoms with Crippen LogP contribution >= 0.6 is 0 Å². The first-order valence-corrected chi connectivity index (χ1v) is 5.45. The molecule has 4 heteroatoms. The third-order valence-corrected chi connectivity index (χ3v) is 1.20. The number of rotatable bonds is 3. The molecule has 0 fully saturated rings. The van der Waals surface area contributed by atoms with Crippen molar-refractivity contribution in [3.63, 3.8) is 0 Å². The van der Waals surface area contributed by atoms with Crippen molar-refractivity contribution in [1.82, 2.24) is 5.32 Å². The zero-order chi connectivity index (χ0) is 12.3. The molecule has 1 amide bonds. The first-order chi connectivity index (χ1) is 6.87. The fourth-order valence-corrected chi connectivity index (χ4v) is 0.681. The lowest BCUT2D eigenvalue weighted by Crippen LogP contribution is -2.32. The quantitative estimate of drug-likeness (QED) is 0.716. The lowest BCUT2D eigenvalue weighted by Gasteiger charge is -2.19. The van der Waals surface area contributed by atoms with Crippen molar-refractivity contribution in [2.24, 2.45) is 0 Å². The molecular formula is C11H25NO3. The highest BCUT2D eigenvalue weighted by Gasteiger charge is 2.14. The summed E-state index contributed by atoms with van der Waals surface area (Å²) < 4.78 is 5.03. The molecule has 0 aliphatic carbocycles. The van der Waals surface area contributed by atoms with Crippen LogP contribution in [0.2, 0.25) is 0 Å². The molecule has 0 aromatic rings. The topological polar surface area (TPSA) is 58.6 Å². The fourth-order valence-electron chi connectivity index (χ4n) is 0.681. The Labute approximate surface area is 93.0 Å². The molecule has 0 aliphatic heterocycles. The summed E-state index contributed by atoms with van der Waals surface area (Å²) in [7, 11) is 0. The summed E-state index contributed by atoms with van der Waals surface area (Å²) in [5, 5.41) is 10.2. The molecule has 0 bridgehead atoms. The van der Waals surface area contributed by atoms with Gasteiger partial charge in [0.05, 0.1) is 0 Å². The number of carbonyl (C=O) groups excluding carboxylic acids is 1. The van der Waals surface area contributed by atoms with Gasteiger partial charge in [-0.1, -0.05) is 13.3 Å². The van der Waals surface area contributed by atoms with Gasteiger partial charge >= 0.3 is 6.09 Å². The molecule has 0 spiro atoms. The molecule has 0 rings (SSSR count). The van der Waals surface area contributed by atoms with E-state index in [9.17, 15) is 4.79 Å². The summed E-state index contributed by atoms with van der Waals surface area (Å²) in [5.74, 6) is 0. The number of ether oxygens (including phenoxy) is 1. The third-order valence-electron chi connectivity index (χ3n) is 1.20. The van der Waals surface area contributed by atoms with Crippen molar-refractivity contribution in [2.45, 2.75) is 53.1 Å². The minimum Gasteiger partial charge on any atom is -0.444 e. The number of hydrogen-bond acceptors (Lipinski definition) is 3. The molecule has 0 radical (unpaired) electrons. The maximum absolute atomic E-state index is 11.0. The summed E-state index contributed by atoms with van der Waals surface area (Å²) in [6.07, 6.45) is 1.76. The maximum Gasteiger partial charge on any atom is 0.407 e. The van der Waals surface area contributed by atoms with Gasteiger partial charge in [-0.05, 0) is 34.1 Å². The van der Waals surface area contributed by atoms with Crippen LogP contribution in [0.4, 0.5) is 4.79 Å². The predicted octanol–water partition coefficient (Wildman–Crippen LogP) is 2.31. The number of nitrogens with one attached hydrogen (secondary N) is 1. The minimum absolute atomic E-state index is 0.250. The molecule has 0 saturated heterocycles. The number of carbonyl (C=O) groups is 1. The zero-order valence-corrected chi connectivity index (χ0v) is 10.6. The summed E-state index contributed by atoms with van der Waals surface area (Å²) in [6, 6.07) is 0. The van der Waals surface area contributed by atoms with E-state index in [0.29, 0.717) is 6.54 Å². The molecule has 0 saturated carbocycles. The number of unbranched alkanes of at least 4 members (excludes halogenated alkanes) is 1. The molecule has 0 aromatic heterocycles. The van der Waals surface area contributed by atoms with E-state index >= 15 is 0 Å². The van der Waals surface area contributed by atoms with Gasteiger partial charge in [-0.15, -0.1) is 0 Å². The Kier molecular flexibility index (Phi) is 10.8. The Balaban J connectivity index is 0. The van der Waals surface area contributed by atoms with E-state index in [1.165, 1.54) is 0 Å². The van der Waals surface area contributed by atoms with Crippen LogP contribution in [0.5, 0.6) is 0 Å². The van der Waals surface area contributed by atoms with Crippen LogP contribution in [-0.4, -0.2) is 30.0 Å². The predicted molar refractivity (Wildman–Crippen MR) is 61.9 cm³/mol. The summed E-state index contributed by atoms with van der Waals surface area (Å²) in [6.45, 7) is 10.3. The van der Waals surface area contributed by atoms with E-state index in [0.717, 1.165) is 12.8 Å². The summed E-state index contributed by atoms with van der Waals surface area (Å²) in [4.78, 5) is 11.0. The van der Waals surface area contributed by atoms with E-state index in [1.807, 2.05) is 20.8 Å². The van der Waals surface area contributed by atoms with E-state index < -0.39 is 5.60 Å². The Morgan fingerprint density at radius 3 is 2.13 bits per heavy atom. The largest absolute Gasteiger partial charge is 0.444 e. The average Bonchev–Trinajstić information content (AvgIpc) is 2.02. The first-order valence-electron chi connectivity index (χ1n) is 5.45. The van der Waals surface area contributed by atoms with Crippen molar-refractivity contribution in [3.05, 3.63) is 0 Å². The molecule has 15 heavy (non-hydrogen) atoms. The van der Waals surface area contributed by atoms with E-state index in [1.54, 1.807) is 6.92 Å². The number of aliphatic hydroxyl groups excluding tert-OH is 1. The minimum atomic E-state index is -0.393. The highest BCUT2D eigenvalue weighted by molar-refractivity contribution is 5.67. The van der Waals surface area contributed by atoms with Gasteiger partial charge in [0, 0.05) is 13.2 Å². The summed E-state index contributed by atoms with van der Waals surface area (Å²) in [5.41, 5.74) is -0.393. The van der Waals surface area contributed by atoms with Crippen molar-refractivity contribution < 1.29 is 14.6 Å². The Hall–Kier alpha value is -0.770. The second-order valence-corrected chi connectivity index (χ2v) is 4.10. The molecule has 0 aromatic carbocycles. The fraction of sp³-hybridized carbons (Fsp3) is 0.909. The van der Waals surface area contributed by atoms with Gasteiger partial charge in [0.15, 0.2) is 0 Å². The van der Waals surface area contributed by atoms with Crippen LogP contribution in [0.15, 0.2) is 0 Å². The van der Waals surface area contributed by atoms with Crippen LogP contribution in [0.1, 0.15) is 47.5 Å². The molecule has 92 valence electrons. The van der Waals surface area contributed by atoms with Crippen LogP contribution in [-0.2, 0) is 4.74 Å².